The van der Waals surface area contributed by atoms with E-state index >= 15 is 0 Å². The number of hydrogen-bond donors (Lipinski definition) is 0. The lowest BCUT2D eigenvalue weighted by atomic mass is 9.93. The first-order valence-electron chi connectivity index (χ1n) is 12.9. The largest absolute Gasteiger partial charge is 0.289 e. The van der Waals surface area contributed by atoms with Crippen molar-refractivity contribution in [3.8, 4) is 0 Å². The van der Waals surface area contributed by atoms with Crippen molar-refractivity contribution >= 4 is 23.3 Å². The van der Waals surface area contributed by atoms with Crippen LogP contribution in [-0.2, 0) is 0 Å². The zero-order valence-corrected chi connectivity index (χ0v) is 23.6. The quantitative estimate of drug-likeness (QED) is 0.206. The molecule has 0 unspecified atom stereocenters. The summed E-state index contributed by atoms with van der Waals surface area (Å²) in [5.74, 6) is 0.174. The third-order valence-electron chi connectivity index (χ3n) is 6.35. The van der Waals surface area contributed by atoms with Gasteiger partial charge in [0.2, 0.25) is 0 Å². The third-order valence-corrected chi connectivity index (χ3v) is 7.36. The number of benzene rings is 5. The fourth-order valence-electron chi connectivity index (χ4n) is 4.44. The molecule has 3 heteroatoms. The lowest BCUT2D eigenvalue weighted by Gasteiger charge is -2.10. The zero-order valence-electron chi connectivity index (χ0n) is 22.8. The molecule has 0 aliphatic carbocycles. The van der Waals surface area contributed by atoms with E-state index in [1.54, 1.807) is 11.8 Å². The van der Waals surface area contributed by atoms with Gasteiger partial charge in [0.15, 0.2) is 11.6 Å². The summed E-state index contributed by atoms with van der Waals surface area (Å²) >= 11 is 1.70. The van der Waals surface area contributed by atoms with Crippen LogP contribution in [0.3, 0.4) is 0 Å². The first-order valence-corrected chi connectivity index (χ1v) is 13.8. The Hall–Kier alpha value is -4.21. The van der Waals surface area contributed by atoms with Gasteiger partial charge in [0.1, 0.15) is 0 Å². The van der Waals surface area contributed by atoms with Crippen molar-refractivity contribution < 1.29 is 9.59 Å². The number of rotatable bonds is 6. The molecular formula is C36H32O2S. The van der Waals surface area contributed by atoms with Crippen LogP contribution in [0.15, 0.2) is 131 Å². The molecule has 0 amide bonds. The third kappa shape index (κ3) is 7.43. The lowest BCUT2D eigenvalue weighted by Crippen LogP contribution is -2.06. The number of aryl methyl sites for hydroxylation is 4. The van der Waals surface area contributed by atoms with Crippen molar-refractivity contribution in [1.29, 1.82) is 0 Å². The highest BCUT2D eigenvalue weighted by atomic mass is 32.2. The minimum Gasteiger partial charge on any atom is -0.289 e. The maximum atomic E-state index is 12.4. The van der Waals surface area contributed by atoms with Crippen molar-refractivity contribution in [2.24, 2.45) is 0 Å². The number of carbonyl (C=O) groups excluding carboxylic acids is 2. The number of hydrogen-bond acceptors (Lipinski definition) is 3. The summed E-state index contributed by atoms with van der Waals surface area (Å²) in [6.07, 6.45) is 0. The van der Waals surface area contributed by atoms with Gasteiger partial charge in [-0.25, -0.2) is 0 Å². The van der Waals surface area contributed by atoms with Gasteiger partial charge in [-0.05, 0) is 75.2 Å². The van der Waals surface area contributed by atoms with Gasteiger partial charge < -0.3 is 0 Å². The predicted octanol–water partition coefficient (Wildman–Crippen LogP) is 9.22. The lowest BCUT2D eigenvalue weighted by molar-refractivity contribution is 0.103. The van der Waals surface area contributed by atoms with Crippen LogP contribution in [0.2, 0.25) is 0 Å². The molecule has 0 saturated heterocycles. The van der Waals surface area contributed by atoms with Crippen molar-refractivity contribution in [3.05, 3.63) is 166 Å². The second-order valence-corrected chi connectivity index (χ2v) is 10.8. The molecular weight excluding hydrogens is 496 g/mol. The average Bonchev–Trinajstić information content (AvgIpc) is 2.95. The Morgan fingerprint density at radius 3 is 1.36 bits per heavy atom. The molecule has 0 heterocycles. The molecule has 39 heavy (non-hydrogen) atoms. The van der Waals surface area contributed by atoms with Crippen LogP contribution in [0.4, 0.5) is 0 Å². The molecule has 0 bridgehead atoms. The minimum absolute atomic E-state index is 0.0625. The van der Waals surface area contributed by atoms with Gasteiger partial charge in [-0.1, -0.05) is 108 Å². The molecule has 0 aliphatic heterocycles. The second kappa shape index (κ2) is 13.0. The number of ketones is 2. The predicted molar refractivity (Wildman–Crippen MR) is 162 cm³/mol. The molecule has 0 fully saturated rings. The van der Waals surface area contributed by atoms with Crippen molar-refractivity contribution in [3.63, 3.8) is 0 Å². The molecule has 5 aromatic carbocycles. The molecule has 0 spiro atoms. The summed E-state index contributed by atoms with van der Waals surface area (Å²) in [7, 11) is 0. The molecule has 0 aliphatic rings. The smallest absolute Gasteiger partial charge is 0.193 e. The van der Waals surface area contributed by atoms with E-state index in [0.29, 0.717) is 0 Å². The summed E-state index contributed by atoms with van der Waals surface area (Å²) in [5, 5.41) is 0. The van der Waals surface area contributed by atoms with Crippen LogP contribution < -0.4 is 0 Å². The maximum Gasteiger partial charge on any atom is 0.193 e. The van der Waals surface area contributed by atoms with Gasteiger partial charge in [-0.2, -0.15) is 0 Å². The van der Waals surface area contributed by atoms with Gasteiger partial charge in [-0.3, -0.25) is 9.59 Å². The first-order chi connectivity index (χ1) is 18.8. The minimum atomic E-state index is 0.0625. The van der Waals surface area contributed by atoms with Crippen molar-refractivity contribution in [2.75, 3.05) is 0 Å². The van der Waals surface area contributed by atoms with Crippen molar-refractivity contribution in [1.82, 2.24) is 0 Å². The van der Waals surface area contributed by atoms with Crippen LogP contribution in [0.5, 0.6) is 0 Å². The zero-order chi connectivity index (χ0) is 27.8. The van der Waals surface area contributed by atoms with Crippen LogP contribution in [0.1, 0.15) is 54.1 Å². The number of carbonyl (C=O) groups is 2. The summed E-state index contributed by atoms with van der Waals surface area (Å²) in [6, 6.07) is 39.2. The Balaban J connectivity index is 0.000000187. The fraction of sp³-hybridized carbons (Fsp3) is 0.111. The Morgan fingerprint density at radius 2 is 0.872 bits per heavy atom. The van der Waals surface area contributed by atoms with Gasteiger partial charge in [0.25, 0.3) is 0 Å². The monoisotopic (exact) mass is 528 g/mol. The fourth-order valence-corrected chi connectivity index (χ4v) is 5.26. The average molecular weight is 529 g/mol. The summed E-state index contributed by atoms with van der Waals surface area (Å²) in [5.41, 5.74) is 7.59. The molecule has 0 saturated carbocycles. The Labute approximate surface area is 235 Å². The van der Waals surface area contributed by atoms with E-state index in [4.69, 9.17) is 0 Å². The van der Waals surface area contributed by atoms with Crippen LogP contribution in [0.25, 0.3) is 0 Å². The second-order valence-electron chi connectivity index (χ2n) is 9.60. The summed E-state index contributed by atoms with van der Waals surface area (Å²) in [6.45, 7) is 8.13. The van der Waals surface area contributed by atoms with Gasteiger partial charge >= 0.3 is 0 Å². The van der Waals surface area contributed by atoms with Crippen molar-refractivity contribution in [2.45, 2.75) is 37.5 Å². The highest BCUT2D eigenvalue weighted by Crippen LogP contribution is 2.28. The molecule has 0 atom stereocenters. The van der Waals surface area contributed by atoms with Gasteiger partial charge in [-0.15, -0.1) is 0 Å². The molecule has 5 rings (SSSR count). The molecule has 194 valence electrons. The van der Waals surface area contributed by atoms with E-state index in [1.807, 2.05) is 98.8 Å². The van der Waals surface area contributed by atoms with Gasteiger partial charge in [0, 0.05) is 32.0 Å². The molecule has 0 N–H and O–H groups in total. The van der Waals surface area contributed by atoms with E-state index in [9.17, 15) is 9.59 Å². The topological polar surface area (TPSA) is 34.1 Å². The molecule has 5 aromatic rings. The van der Waals surface area contributed by atoms with Crippen LogP contribution >= 0.6 is 11.8 Å². The highest BCUT2D eigenvalue weighted by molar-refractivity contribution is 7.99. The Kier molecular flexibility index (Phi) is 9.30. The normalized spacial score (nSPS) is 10.4. The Bertz CT molecular complexity index is 1530. The molecule has 0 radical (unpaired) electrons. The van der Waals surface area contributed by atoms with Crippen LogP contribution in [0, 0.1) is 27.7 Å². The SMILES string of the molecule is Cc1cc(C)c(C(=O)c2ccccc2)c(C)c1.Cc1ccc(Sc2ccc(C(=O)c3ccccc3)cc2)cc1. The van der Waals surface area contributed by atoms with E-state index in [-0.39, 0.29) is 11.6 Å². The summed E-state index contributed by atoms with van der Waals surface area (Å²) < 4.78 is 0. The molecule has 2 nitrogen and oxygen atoms in total. The molecule has 0 aromatic heterocycles. The van der Waals surface area contributed by atoms with Gasteiger partial charge in [0.05, 0.1) is 0 Å². The first kappa shape index (κ1) is 27.8. The highest BCUT2D eigenvalue weighted by Gasteiger charge is 2.14. The standard InChI is InChI=1S/C20H16OS.C16H16O/c1-15-7-11-18(12-8-15)22-19-13-9-17(10-14-19)20(21)16-5-3-2-4-6-16;1-11-9-12(2)15(13(3)10-11)16(17)14-7-5-4-6-8-14/h2-14H,1H3;4-10H,1-3H3. The Morgan fingerprint density at radius 1 is 0.462 bits per heavy atom. The maximum absolute atomic E-state index is 12.4. The van der Waals surface area contributed by atoms with E-state index in [0.717, 1.165) is 38.3 Å². The van der Waals surface area contributed by atoms with E-state index in [2.05, 4.69) is 50.2 Å². The van der Waals surface area contributed by atoms with Crippen LogP contribution in [-0.4, -0.2) is 11.6 Å². The van der Waals surface area contributed by atoms with E-state index < -0.39 is 0 Å². The summed E-state index contributed by atoms with van der Waals surface area (Å²) in [4.78, 5) is 27.1. The van der Waals surface area contributed by atoms with E-state index in [1.165, 1.54) is 16.0 Å².